The second-order valence-corrected chi connectivity index (χ2v) is 12.4. The lowest BCUT2D eigenvalue weighted by atomic mass is 10.0. The van der Waals surface area contributed by atoms with Crippen LogP contribution < -0.4 is 10.1 Å². The summed E-state index contributed by atoms with van der Waals surface area (Å²) >= 11 is 6.52. The van der Waals surface area contributed by atoms with E-state index in [0.717, 1.165) is 16.5 Å². The highest BCUT2D eigenvalue weighted by Crippen LogP contribution is 2.33. The molecule has 1 atom stereocenters. The molecule has 1 N–H and O–H groups in total. The Bertz CT molecular complexity index is 1570. The van der Waals surface area contributed by atoms with E-state index in [-0.39, 0.29) is 12.6 Å². The molecule has 0 aliphatic heterocycles. The molecule has 2 heterocycles. The molecule has 0 aliphatic rings. The van der Waals surface area contributed by atoms with E-state index in [0.29, 0.717) is 34.1 Å². The van der Waals surface area contributed by atoms with Crippen molar-refractivity contribution in [2.24, 2.45) is 0 Å². The molecule has 42 heavy (non-hydrogen) atoms. The minimum Gasteiger partial charge on any atom is -0.490 e. The van der Waals surface area contributed by atoms with Gasteiger partial charge in [-0.3, -0.25) is 0 Å². The van der Waals surface area contributed by atoms with Gasteiger partial charge in [-0.25, -0.2) is 14.6 Å². The summed E-state index contributed by atoms with van der Waals surface area (Å²) in [7, 11) is 0. The number of benzene rings is 2. The first kappa shape index (κ1) is 30.8. The Morgan fingerprint density at radius 2 is 1.67 bits per heavy atom. The second kappa shape index (κ2) is 12.4. The van der Waals surface area contributed by atoms with Crippen LogP contribution in [0.5, 0.6) is 5.75 Å². The number of alkyl carbamates (subject to hydrolysis) is 1. The summed E-state index contributed by atoms with van der Waals surface area (Å²) in [5, 5.41) is 8.40. The molecule has 222 valence electrons. The third-order valence-corrected chi connectivity index (χ3v) is 6.35. The van der Waals surface area contributed by atoms with Gasteiger partial charge in [-0.2, -0.15) is 9.78 Å². The number of amides is 1. The van der Waals surface area contributed by atoms with Crippen LogP contribution >= 0.6 is 11.6 Å². The maximum Gasteiger partial charge on any atom is 0.435 e. The fraction of sp³-hybridized carbons (Fsp3) is 0.375. The van der Waals surface area contributed by atoms with E-state index in [1.807, 2.05) is 90.9 Å². The maximum absolute atomic E-state index is 12.7. The van der Waals surface area contributed by atoms with Crippen molar-refractivity contribution < 1.29 is 23.8 Å². The normalized spacial score (nSPS) is 12.6. The molecule has 0 radical (unpaired) electrons. The van der Waals surface area contributed by atoms with Crippen LogP contribution in [0.2, 0.25) is 5.15 Å². The molecular weight excluding hydrogens is 556 g/mol. The van der Waals surface area contributed by atoms with Crippen LogP contribution in [0.1, 0.15) is 52.8 Å². The summed E-state index contributed by atoms with van der Waals surface area (Å²) in [5.41, 5.74) is 2.51. The summed E-state index contributed by atoms with van der Waals surface area (Å²) in [5.74, 6) is 0.486. The van der Waals surface area contributed by atoms with Gasteiger partial charge in [-0.05, 0) is 84.2 Å². The molecule has 4 aromatic rings. The number of rotatable bonds is 7. The van der Waals surface area contributed by atoms with Crippen LogP contribution in [0.3, 0.4) is 0 Å². The molecule has 9 nitrogen and oxygen atoms in total. The van der Waals surface area contributed by atoms with Crippen molar-refractivity contribution in [3.05, 3.63) is 77.2 Å². The van der Waals surface area contributed by atoms with Crippen molar-refractivity contribution >= 4 is 34.7 Å². The molecule has 0 fully saturated rings. The number of carbonyl (C=O) groups excluding carboxylic acids is 2. The molecule has 0 saturated carbocycles. The predicted molar refractivity (Wildman–Crippen MR) is 163 cm³/mol. The van der Waals surface area contributed by atoms with Gasteiger partial charge in [0, 0.05) is 10.9 Å². The molecule has 0 unspecified atom stereocenters. The Hall–Kier alpha value is -4.11. The molecule has 2 aromatic heterocycles. The number of carbonyl (C=O) groups is 2. The zero-order valence-corrected chi connectivity index (χ0v) is 25.8. The summed E-state index contributed by atoms with van der Waals surface area (Å²) in [6.45, 7) is 12.9. The first-order chi connectivity index (χ1) is 19.7. The second-order valence-electron chi connectivity index (χ2n) is 12.1. The van der Waals surface area contributed by atoms with E-state index < -0.39 is 23.4 Å². The molecule has 0 bridgehead atoms. The number of hydrogen-bond donors (Lipinski definition) is 1. The van der Waals surface area contributed by atoms with Crippen LogP contribution in [0.4, 0.5) is 9.59 Å². The smallest absolute Gasteiger partial charge is 0.435 e. The van der Waals surface area contributed by atoms with Crippen LogP contribution in [0.25, 0.3) is 22.0 Å². The summed E-state index contributed by atoms with van der Waals surface area (Å²) < 4.78 is 18.4. The van der Waals surface area contributed by atoms with Gasteiger partial charge < -0.3 is 19.5 Å². The van der Waals surface area contributed by atoms with E-state index in [1.54, 1.807) is 18.3 Å². The van der Waals surface area contributed by atoms with Crippen LogP contribution in [-0.2, 0) is 15.9 Å². The topological polar surface area (TPSA) is 105 Å². The van der Waals surface area contributed by atoms with Gasteiger partial charge in [-0.15, -0.1) is 0 Å². The number of aromatic nitrogens is 3. The fourth-order valence-corrected chi connectivity index (χ4v) is 4.52. The average molecular weight is 593 g/mol. The number of nitrogens with one attached hydrogen (secondary N) is 1. The molecule has 0 spiro atoms. The van der Waals surface area contributed by atoms with Crippen molar-refractivity contribution in [1.29, 1.82) is 0 Å². The number of hydrogen-bond acceptors (Lipinski definition) is 7. The van der Waals surface area contributed by atoms with Crippen molar-refractivity contribution in [1.82, 2.24) is 20.1 Å². The third kappa shape index (κ3) is 8.22. The lowest BCUT2D eigenvalue weighted by Crippen LogP contribution is -2.43. The van der Waals surface area contributed by atoms with Gasteiger partial charge in [0.1, 0.15) is 28.7 Å². The zero-order chi connectivity index (χ0) is 30.7. The van der Waals surface area contributed by atoms with Gasteiger partial charge in [0.15, 0.2) is 0 Å². The van der Waals surface area contributed by atoms with Crippen molar-refractivity contribution in [3.8, 4) is 16.9 Å². The van der Waals surface area contributed by atoms with Gasteiger partial charge >= 0.3 is 12.2 Å². The van der Waals surface area contributed by atoms with Crippen molar-refractivity contribution in [2.75, 3.05) is 6.61 Å². The summed E-state index contributed by atoms with van der Waals surface area (Å²) in [6.07, 6.45) is 1.03. The van der Waals surface area contributed by atoms with Crippen LogP contribution in [0.15, 0.2) is 60.8 Å². The SMILES string of the molecule is Cc1nn(C(=O)OC(C)(C)C)c2ccc(-c3cc(OC[C@H](Cc4ccccc4)NC(=O)OC(C)(C)C)cnc3Cl)cc12. The number of pyridine rings is 1. The monoisotopic (exact) mass is 592 g/mol. The minimum atomic E-state index is -0.647. The number of fused-ring (bicyclic) bond motifs is 1. The average Bonchev–Trinajstić information content (AvgIpc) is 3.22. The van der Waals surface area contributed by atoms with Crippen molar-refractivity contribution in [2.45, 2.75) is 72.1 Å². The van der Waals surface area contributed by atoms with Crippen molar-refractivity contribution in [3.63, 3.8) is 0 Å². The highest BCUT2D eigenvalue weighted by molar-refractivity contribution is 6.32. The lowest BCUT2D eigenvalue weighted by molar-refractivity contribution is 0.0484. The highest BCUT2D eigenvalue weighted by atomic mass is 35.5. The fourth-order valence-electron chi connectivity index (χ4n) is 4.31. The van der Waals surface area contributed by atoms with Gasteiger partial charge in [0.25, 0.3) is 0 Å². The molecule has 10 heteroatoms. The number of halogens is 1. The Labute approximate surface area is 251 Å². The molecule has 2 aromatic carbocycles. The van der Waals surface area contributed by atoms with E-state index in [1.165, 1.54) is 4.68 Å². The number of nitrogens with zero attached hydrogens (tertiary/aromatic N) is 3. The van der Waals surface area contributed by atoms with E-state index in [4.69, 9.17) is 25.8 Å². The Morgan fingerprint density at radius 1 is 0.976 bits per heavy atom. The molecule has 0 saturated heterocycles. The number of ether oxygens (including phenoxy) is 3. The number of aryl methyl sites for hydroxylation is 1. The molecular formula is C32H37ClN4O5. The highest BCUT2D eigenvalue weighted by Gasteiger charge is 2.23. The minimum absolute atomic E-state index is 0.178. The Balaban J connectivity index is 1.56. The molecule has 4 rings (SSSR count). The van der Waals surface area contributed by atoms with Crippen LogP contribution in [0, 0.1) is 6.92 Å². The zero-order valence-electron chi connectivity index (χ0n) is 25.0. The third-order valence-electron chi connectivity index (χ3n) is 6.05. The standard InChI is InChI=1S/C32H37ClN4O5/c1-20-25-16-22(13-14-27(25)37(36-20)30(39)42-32(5,6)7)26-17-24(18-34-28(26)33)40-19-23(15-21-11-9-8-10-12-21)35-29(38)41-31(2,3)4/h8-14,16-18,23H,15,19H2,1-7H3,(H,35,38)/t23-/m0/s1. The lowest BCUT2D eigenvalue weighted by Gasteiger charge is -2.24. The van der Waals surface area contributed by atoms with E-state index in [9.17, 15) is 9.59 Å². The quantitative estimate of drug-likeness (QED) is 0.224. The molecule has 0 aliphatic carbocycles. The predicted octanol–water partition coefficient (Wildman–Crippen LogP) is 7.36. The molecule has 1 amide bonds. The maximum atomic E-state index is 12.7. The van der Waals surface area contributed by atoms with Gasteiger partial charge in [0.2, 0.25) is 0 Å². The first-order valence-electron chi connectivity index (χ1n) is 13.7. The first-order valence-corrected chi connectivity index (χ1v) is 14.1. The van der Waals surface area contributed by atoms with Gasteiger partial charge in [-0.1, -0.05) is 48.0 Å². The Morgan fingerprint density at radius 3 is 2.33 bits per heavy atom. The van der Waals surface area contributed by atoms with E-state index in [2.05, 4.69) is 15.4 Å². The van der Waals surface area contributed by atoms with E-state index >= 15 is 0 Å². The summed E-state index contributed by atoms with van der Waals surface area (Å²) in [6, 6.07) is 16.8. The van der Waals surface area contributed by atoms with Crippen LogP contribution in [-0.4, -0.2) is 50.8 Å². The largest absolute Gasteiger partial charge is 0.490 e. The Kier molecular flexibility index (Phi) is 9.11. The summed E-state index contributed by atoms with van der Waals surface area (Å²) in [4.78, 5) is 29.6. The van der Waals surface area contributed by atoms with Gasteiger partial charge in [0.05, 0.1) is 23.4 Å².